The van der Waals surface area contributed by atoms with Crippen LogP contribution in [-0.2, 0) is 11.2 Å². The van der Waals surface area contributed by atoms with Gasteiger partial charge >= 0.3 is 11.9 Å². The molecule has 110 valence electrons. The first-order valence-corrected chi connectivity index (χ1v) is 6.04. The number of rotatable bonds is 5. The maximum atomic E-state index is 12.9. The second kappa shape index (κ2) is 5.70. The Labute approximate surface area is 118 Å². The summed E-state index contributed by atoms with van der Waals surface area (Å²) in [5.74, 6) is -2.86. The number of nitrogens with zero attached hydrogens (tertiary/aromatic N) is 3. The van der Waals surface area contributed by atoms with E-state index in [2.05, 4.69) is 10.3 Å². The number of carbonyl (C=O) groups is 2. The van der Waals surface area contributed by atoms with Crippen LogP contribution in [-0.4, -0.2) is 37.1 Å². The smallest absolute Gasteiger partial charge is 0.358 e. The van der Waals surface area contributed by atoms with Crippen molar-refractivity contribution >= 4 is 11.9 Å². The Morgan fingerprint density at radius 3 is 2.43 bits per heavy atom. The minimum atomic E-state index is -1.30. The molecule has 0 aliphatic carbocycles. The van der Waals surface area contributed by atoms with Crippen LogP contribution in [0.25, 0.3) is 0 Å². The molecule has 21 heavy (non-hydrogen) atoms. The van der Waals surface area contributed by atoms with Gasteiger partial charge in [0.25, 0.3) is 0 Å². The summed E-state index contributed by atoms with van der Waals surface area (Å²) in [5.41, 5.74) is 0.469. The molecule has 0 fully saturated rings. The number of hydrogen-bond donors (Lipinski definition) is 2. The summed E-state index contributed by atoms with van der Waals surface area (Å²) in [7, 11) is 0. The maximum Gasteiger partial charge on any atom is 0.358 e. The van der Waals surface area contributed by atoms with Crippen LogP contribution >= 0.6 is 0 Å². The van der Waals surface area contributed by atoms with Crippen LogP contribution in [0.5, 0.6) is 0 Å². The first kappa shape index (κ1) is 14.6. The largest absolute Gasteiger partial charge is 0.480 e. The van der Waals surface area contributed by atoms with E-state index in [0.29, 0.717) is 5.56 Å². The number of hydrogen-bond acceptors (Lipinski definition) is 4. The summed E-state index contributed by atoms with van der Waals surface area (Å²) in [6.07, 6.45) is 0.0898. The summed E-state index contributed by atoms with van der Waals surface area (Å²) in [4.78, 5) is 22.2. The van der Waals surface area contributed by atoms with E-state index in [4.69, 9.17) is 10.2 Å². The molecule has 1 heterocycles. The number of carboxylic acids is 2. The van der Waals surface area contributed by atoms with Gasteiger partial charge in [-0.05, 0) is 24.6 Å². The zero-order chi connectivity index (χ0) is 15.6. The van der Waals surface area contributed by atoms with Gasteiger partial charge in [-0.3, -0.25) is 0 Å². The normalized spacial score (nSPS) is 12.1. The predicted octanol–water partition coefficient (Wildman–Crippen LogP) is 1.35. The van der Waals surface area contributed by atoms with E-state index >= 15 is 0 Å². The third kappa shape index (κ3) is 3.04. The van der Waals surface area contributed by atoms with Crippen molar-refractivity contribution in [3.8, 4) is 0 Å². The third-order valence-electron chi connectivity index (χ3n) is 3.00. The van der Waals surface area contributed by atoms with Gasteiger partial charge in [-0.2, -0.15) is 0 Å². The standard InChI is InChI=1S/C13H12FN3O4/c1-7(12(18)19)17-10(11(13(20)21)15-16-17)6-8-2-4-9(14)5-3-8/h2-5,7H,6H2,1H3,(H,18,19)(H,20,21). The molecule has 0 saturated carbocycles. The quantitative estimate of drug-likeness (QED) is 0.862. The fourth-order valence-electron chi connectivity index (χ4n) is 1.86. The number of halogens is 1. The van der Waals surface area contributed by atoms with Gasteiger partial charge in [0.1, 0.15) is 11.9 Å². The number of aromatic carboxylic acids is 1. The summed E-state index contributed by atoms with van der Waals surface area (Å²) < 4.78 is 13.9. The highest BCUT2D eigenvalue weighted by Crippen LogP contribution is 2.17. The summed E-state index contributed by atoms with van der Waals surface area (Å²) in [5, 5.41) is 25.2. The van der Waals surface area contributed by atoms with Crippen LogP contribution in [0.4, 0.5) is 4.39 Å². The van der Waals surface area contributed by atoms with E-state index < -0.39 is 23.8 Å². The number of aromatic nitrogens is 3. The van der Waals surface area contributed by atoms with Crippen molar-refractivity contribution in [3.63, 3.8) is 0 Å². The first-order chi connectivity index (χ1) is 9.90. The van der Waals surface area contributed by atoms with Gasteiger partial charge in [0.05, 0.1) is 5.69 Å². The van der Waals surface area contributed by atoms with Crippen molar-refractivity contribution in [1.82, 2.24) is 15.0 Å². The SMILES string of the molecule is CC(C(=O)O)n1nnc(C(=O)O)c1Cc1ccc(F)cc1. The molecule has 0 saturated heterocycles. The van der Waals surface area contributed by atoms with Gasteiger partial charge in [0, 0.05) is 6.42 Å². The Hall–Kier alpha value is -2.77. The van der Waals surface area contributed by atoms with Crippen molar-refractivity contribution in [2.75, 3.05) is 0 Å². The van der Waals surface area contributed by atoms with Crippen molar-refractivity contribution in [3.05, 3.63) is 47.0 Å². The molecule has 2 N–H and O–H groups in total. The third-order valence-corrected chi connectivity index (χ3v) is 3.00. The van der Waals surface area contributed by atoms with Crippen molar-refractivity contribution < 1.29 is 24.2 Å². The monoisotopic (exact) mass is 293 g/mol. The van der Waals surface area contributed by atoms with Crippen LogP contribution in [0.1, 0.15) is 34.7 Å². The van der Waals surface area contributed by atoms with Gasteiger partial charge in [-0.15, -0.1) is 5.10 Å². The topological polar surface area (TPSA) is 105 Å². The Morgan fingerprint density at radius 1 is 1.29 bits per heavy atom. The van der Waals surface area contributed by atoms with Crippen LogP contribution in [0.2, 0.25) is 0 Å². The molecular weight excluding hydrogens is 281 g/mol. The molecule has 0 aliphatic heterocycles. The molecule has 2 rings (SSSR count). The van der Waals surface area contributed by atoms with Crippen molar-refractivity contribution in [2.24, 2.45) is 0 Å². The Morgan fingerprint density at radius 2 is 1.90 bits per heavy atom. The molecule has 0 bridgehead atoms. The predicted molar refractivity (Wildman–Crippen MR) is 68.5 cm³/mol. The Balaban J connectivity index is 2.43. The molecule has 7 nitrogen and oxygen atoms in total. The first-order valence-electron chi connectivity index (χ1n) is 6.04. The van der Waals surface area contributed by atoms with Gasteiger partial charge < -0.3 is 10.2 Å². The Kier molecular flexibility index (Phi) is 3.97. The highest BCUT2D eigenvalue weighted by atomic mass is 19.1. The Bertz CT molecular complexity index is 681. The maximum absolute atomic E-state index is 12.9. The fourth-order valence-corrected chi connectivity index (χ4v) is 1.86. The molecule has 1 aromatic heterocycles. The lowest BCUT2D eigenvalue weighted by molar-refractivity contribution is -0.140. The highest BCUT2D eigenvalue weighted by molar-refractivity contribution is 5.86. The number of benzene rings is 1. The van der Waals surface area contributed by atoms with Gasteiger partial charge in [-0.25, -0.2) is 18.7 Å². The second-order valence-corrected chi connectivity index (χ2v) is 4.45. The van der Waals surface area contributed by atoms with Gasteiger partial charge in [0.2, 0.25) is 0 Å². The molecule has 2 aromatic rings. The molecule has 1 aromatic carbocycles. The van der Waals surface area contributed by atoms with E-state index in [1.165, 1.54) is 31.2 Å². The average Bonchev–Trinajstić information content (AvgIpc) is 2.84. The molecule has 0 amide bonds. The van der Waals surface area contributed by atoms with E-state index in [1.807, 2.05) is 0 Å². The van der Waals surface area contributed by atoms with E-state index in [0.717, 1.165) is 4.68 Å². The molecule has 0 spiro atoms. The summed E-state index contributed by atoms with van der Waals surface area (Å²) >= 11 is 0. The second-order valence-electron chi connectivity index (χ2n) is 4.45. The molecule has 8 heteroatoms. The minimum absolute atomic E-state index is 0.0898. The van der Waals surface area contributed by atoms with Crippen LogP contribution in [0, 0.1) is 5.82 Å². The lowest BCUT2D eigenvalue weighted by Gasteiger charge is -2.11. The molecular formula is C13H12FN3O4. The summed E-state index contributed by atoms with van der Waals surface area (Å²) in [6.45, 7) is 1.37. The fraction of sp³-hybridized carbons (Fsp3) is 0.231. The van der Waals surface area contributed by atoms with Crippen LogP contribution < -0.4 is 0 Å². The van der Waals surface area contributed by atoms with E-state index in [1.54, 1.807) is 0 Å². The number of aliphatic carboxylic acids is 1. The minimum Gasteiger partial charge on any atom is -0.480 e. The van der Waals surface area contributed by atoms with E-state index in [-0.39, 0.29) is 17.8 Å². The lowest BCUT2D eigenvalue weighted by atomic mass is 10.1. The van der Waals surface area contributed by atoms with Crippen LogP contribution in [0.15, 0.2) is 24.3 Å². The van der Waals surface area contributed by atoms with Gasteiger partial charge in [0.15, 0.2) is 5.69 Å². The molecule has 0 aliphatic rings. The lowest BCUT2D eigenvalue weighted by Crippen LogP contribution is -2.20. The average molecular weight is 293 g/mol. The van der Waals surface area contributed by atoms with Gasteiger partial charge in [-0.1, -0.05) is 17.3 Å². The molecule has 1 unspecified atom stereocenters. The van der Waals surface area contributed by atoms with Crippen molar-refractivity contribution in [2.45, 2.75) is 19.4 Å². The molecule has 0 radical (unpaired) electrons. The zero-order valence-electron chi connectivity index (χ0n) is 11.0. The van der Waals surface area contributed by atoms with Crippen molar-refractivity contribution in [1.29, 1.82) is 0 Å². The summed E-state index contributed by atoms with van der Waals surface area (Å²) in [6, 6.07) is 4.41. The number of carboxylic acid groups (broad SMARTS) is 2. The van der Waals surface area contributed by atoms with E-state index in [9.17, 15) is 14.0 Å². The molecule has 1 atom stereocenters. The zero-order valence-corrected chi connectivity index (χ0v) is 11.0. The van der Waals surface area contributed by atoms with Crippen LogP contribution in [0.3, 0.4) is 0 Å². The highest BCUT2D eigenvalue weighted by Gasteiger charge is 2.25.